The van der Waals surface area contributed by atoms with E-state index in [0.29, 0.717) is 6.10 Å². The van der Waals surface area contributed by atoms with Crippen molar-refractivity contribution in [1.82, 2.24) is 0 Å². The van der Waals surface area contributed by atoms with Crippen LogP contribution in [0.5, 0.6) is 0 Å². The van der Waals surface area contributed by atoms with Crippen molar-refractivity contribution in [2.45, 2.75) is 45.3 Å². The molecule has 1 heterocycles. The van der Waals surface area contributed by atoms with Crippen molar-refractivity contribution in [2.24, 2.45) is 4.99 Å². The first kappa shape index (κ1) is 8.72. The number of ether oxygens (including phenoxy) is 1. The second kappa shape index (κ2) is 3.35. The van der Waals surface area contributed by atoms with Gasteiger partial charge < -0.3 is 4.74 Å². The van der Waals surface area contributed by atoms with Crippen molar-refractivity contribution < 1.29 is 4.74 Å². The lowest BCUT2D eigenvalue weighted by Gasteiger charge is -2.24. The molecule has 1 aliphatic rings. The lowest BCUT2D eigenvalue weighted by molar-refractivity contribution is -0.0259. The molecule has 0 amide bonds. The topological polar surface area (TPSA) is 21.6 Å². The number of aliphatic imine (C=N–C) groups is 1. The summed E-state index contributed by atoms with van der Waals surface area (Å²) < 4.78 is 5.80. The minimum atomic E-state index is -0.156. The highest BCUT2D eigenvalue weighted by atomic mass is 16.5. The van der Waals surface area contributed by atoms with E-state index >= 15 is 0 Å². The van der Waals surface area contributed by atoms with E-state index in [1.807, 2.05) is 6.21 Å². The Kier molecular flexibility index (Phi) is 2.66. The predicted molar refractivity (Wildman–Crippen MR) is 47.2 cm³/mol. The Morgan fingerprint density at radius 1 is 1.64 bits per heavy atom. The maximum atomic E-state index is 5.80. The molecule has 0 spiro atoms. The Morgan fingerprint density at radius 2 is 2.36 bits per heavy atom. The largest absolute Gasteiger partial charge is 0.367 e. The van der Waals surface area contributed by atoms with E-state index < -0.39 is 0 Å². The van der Waals surface area contributed by atoms with Crippen LogP contribution < -0.4 is 0 Å². The van der Waals surface area contributed by atoms with Crippen molar-refractivity contribution in [1.29, 1.82) is 0 Å². The molecular formula is C9H17NO. The lowest BCUT2D eigenvalue weighted by atomic mass is 10.1. The van der Waals surface area contributed by atoms with Crippen LogP contribution in [0.2, 0.25) is 0 Å². The molecule has 0 aromatic rings. The highest BCUT2D eigenvalue weighted by molar-refractivity contribution is 5.67. The maximum Gasteiger partial charge on any atom is 0.0975 e. The maximum absolute atomic E-state index is 5.80. The van der Waals surface area contributed by atoms with Crippen LogP contribution in [0.15, 0.2) is 4.99 Å². The molecule has 0 saturated carbocycles. The first-order valence-electron chi connectivity index (χ1n) is 4.33. The van der Waals surface area contributed by atoms with Crippen molar-refractivity contribution in [3.05, 3.63) is 0 Å². The molecule has 1 aliphatic heterocycles. The van der Waals surface area contributed by atoms with E-state index in [4.69, 9.17) is 4.74 Å². The Hall–Kier alpha value is -0.370. The molecule has 1 rings (SSSR count). The molecule has 0 aromatic carbocycles. The van der Waals surface area contributed by atoms with Crippen molar-refractivity contribution in [3.8, 4) is 0 Å². The van der Waals surface area contributed by atoms with Gasteiger partial charge in [0, 0.05) is 12.8 Å². The van der Waals surface area contributed by atoms with Crippen LogP contribution in [0.3, 0.4) is 0 Å². The lowest BCUT2D eigenvalue weighted by Crippen LogP contribution is -2.30. The van der Waals surface area contributed by atoms with Gasteiger partial charge in [0.25, 0.3) is 0 Å². The van der Waals surface area contributed by atoms with Gasteiger partial charge in [-0.3, -0.25) is 4.99 Å². The highest BCUT2D eigenvalue weighted by Crippen LogP contribution is 2.17. The molecular weight excluding hydrogens is 138 g/mol. The fourth-order valence-corrected chi connectivity index (χ4v) is 1.31. The second-order valence-corrected chi connectivity index (χ2v) is 3.58. The summed E-state index contributed by atoms with van der Waals surface area (Å²) in [6, 6.07) is 0. The van der Waals surface area contributed by atoms with Gasteiger partial charge in [0.2, 0.25) is 0 Å². The summed E-state index contributed by atoms with van der Waals surface area (Å²) in [6.45, 7) is 7.20. The summed E-state index contributed by atoms with van der Waals surface area (Å²) in [4.78, 5) is 4.27. The van der Waals surface area contributed by atoms with Crippen LogP contribution in [0.1, 0.15) is 33.6 Å². The van der Waals surface area contributed by atoms with E-state index in [2.05, 4.69) is 25.8 Å². The Bertz CT molecular complexity index is 152. The van der Waals surface area contributed by atoms with Crippen LogP contribution in [-0.2, 0) is 4.74 Å². The fraction of sp³-hybridized carbons (Fsp3) is 0.889. The summed E-state index contributed by atoms with van der Waals surface area (Å²) in [5.41, 5.74) is -0.156. The van der Waals surface area contributed by atoms with Gasteiger partial charge in [-0.15, -0.1) is 0 Å². The van der Waals surface area contributed by atoms with Crippen molar-refractivity contribution in [3.63, 3.8) is 0 Å². The summed E-state index contributed by atoms with van der Waals surface area (Å²) in [5, 5.41) is 0. The first-order chi connectivity index (χ1) is 5.14. The van der Waals surface area contributed by atoms with Gasteiger partial charge in [0.05, 0.1) is 11.7 Å². The molecule has 1 atom stereocenters. The van der Waals surface area contributed by atoms with Crippen molar-refractivity contribution in [2.75, 3.05) is 6.54 Å². The van der Waals surface area contributed by atoms with Gasteiger partial charge >= 0.3 is 0 Å². The van der Waals surface area contributed by atoms with Crippen LogP contribution >= 0.6 is 0 Å². The first-order valence-corrected chi connectivity index (χ1v) is 4.33. The van der Waals surface area contributed by atoms with E-state index in [-0.39, 0.29) is 5.60 Å². The molecule has 64 valence electrons. The molecule has 1 unspecified atom stereocenters. The highest BCUT2D eigenvalue weighted by Gasteiger charge is 2.22. The molecule has 0 N–H and O–H groups in total. The Morgan fingerprint density at radius 3 is 3.00 bits per heavy atom. The number of hydrogen-bond acceptors (Lipinski definition) is 2. The van der Waals surface area contributed by atoms with Gasteiger partial charge in [0.1, 0.15) is 0 Å². The standard InChI is InChI=1S/C9H17NO/c1-4-8-5-6-10-7-9(2,3)11-8/h7-8H,4-6H2,1-3H3. The minimum absolute atomic E-state index is 0.156. The molecule has 2 nitrogen and oxygen atoms in total. The normalized spacial score (nSPS) is 29.9. The van der Waals surface area contributed by atoms with Crippen LogP contribution in [0, 0.1) is 0 Å². The van der Waals surface area contributed by atoms with E-state index in [1.54, 1.807) is 0 Å². The molecule has 0 radical (unpaired) electrons. The van der Waals surface area contributed by atoms with Crippen LogP contribution in [0.4, 0.5) is 0 Å². The van der Waals surface area contributed by atoms with Gasteiger partial charge in [-0.2, -0.15) is 0 Å². The third kappa shape index (κ3) is 2.62. The van der Waals surface area contributed by atoms with Gasteiger partial charge in [0.15, 0.2) is 0 Å². The molecule has 0 aliphatic carbocycles. The number of nitrogens with zero attached hydrogens (tertiary/aromatic N) is 1. The minimum Gasteiger partial charge on any atom is -0.367 e. The predicted octanol–water partition coefficient (Wildman–Crippen LogP) is 2.03. The van der Waals surface area contributed by atoms with E-state index in [9.17, 15) is 0 Å². The third-order valence-electron chi connectivity index (χ3n) is 1.91. The molecule has 0 aromatic heterocycles. The monoisotopic (exact) mass is 155 g/mol. The zero-order valence-electron chi connectivity index (χ0n) is 7.63. The summed E-state index contributed by atoms with van der Waals surface area (Å²) >= 11 is 0. The second-order valence-electron chi connectivity index (χ2n) is 3.58. The third-order valence-corrected chi connectivity index (χ3v) is 1.91. The quantitative estimate of drug-likeness (QED) is 0.567. The average Bonchev–Trinajstić information content (AvgIpc) is 2.10. The number of hydrogen-bond donors (Lipinski definition) is 0. The summed E-state index contributed by atoms with van der Waals surface area (Å²) in [5.74, 6) is 0. The van der Waals surface area contributed by atoms with Gasteiger partial charge in [-0.25, -0.2) is 0 Å². The van der Waals surface area contributed by atoms with Crippen LogP contribution in [0.25, 0.3) is 0 Å². The van der Waals surface area contributed by atoms with Crippen LogP contribution in [-0.4, -0.2) is 24.5 Å². The molecule has 0 fully saturated rings. The van der Waals surface area contributed by atoms with E-state index in [0.717, 1.165) is 19.4 Å². The molecule has 2 heteroatoms. The van der Waals surface area contributed by atoms with Gasteiger partial charge in [-0.1, -0.05) is 6.92 Å². The van der Waals surface area contributed by atoms with Gasteiger partial charge in [-0.05, 0) is 26.7 Å². The molecule has 0 saturated heterocycles. The summed E-state index contributed by atoms with van der Waals surface area (Å²) in [7, 11) is 0. The van der Waals surface area contributed by atoms with Crippen molar-refractivity contribution >= 4 is 6.21 Å². The van der Waals surface area contributed by atoms with E-state index in [1.165, 1.54) is 0 Å². The smallest absolute Gasteiger partial charge is 0.0975 e. The zero-order valence-corrected chi connectivity index (χ0v) is 7.63. The molecule has 0 bridgehead atoms. The zero-order chi connectivity index (χ0) is 8.32. The Balaban J connectivity index is 2.56. The molecule has 11 heavy (non-hydrogen) atoms. The Labute approximate surface area is 68.7 Å². The average molecular weight is 155 g/mol. The SMILES string of the molecule is CCC1CCN=CC(C)(C)O1. The number of rotatable bonds is 1. The summed E-state index contributed by atoms with van der Waals surface area (Å²) in [6.07, 6.45) is 4.47. The fourth-order valence-electron chi connectivity index (χ4n) is 1.31.